The molecule has 0 spiro atoms. The van der Waals surface area contributed by atoms with Crippen LogP contribution in [0.2, 0.25) is 0 Å². The van der Waals surface area contributed by atoms with E-state index in [2.05, 4.69) is 0 Å². The van der Waals surface area contributed by atoms with Gasteiger partial charge in [-0.25, -0.2) is 9.18 Å². The Bertz CT molecular complexity index is 975. The zero-order valence-corrected chi connectivity index (χ0v) is 21.4. The molecule has 1 aromatic rings. The average Bonchev–Trinajstić information content (AvgIpc) is 3.09. The quantitative estimate of drug-likeness (QED) is 0.496. The molecule has 2 aliphatic rings. The molecular weight excluding hydrogens is 457 g/mol. The molecule has 1 fully saturated rings. The number of anilines is 1. The Hall–Kier alpha value is -2.46. The Morgan fingerprint density at radius 3 is 2.60 bits per heavy atom. The summed E-state index contributed by atoms with van der Waals surface area (Å²) < 4.78 is 43.3. The molecule has 35 heavy (non-hydrogen) atoms. The first-order valence-corrected chi connectivity index (χ1v) is 11.7. The topological polar surface area (TPSA) is 86.7 Å². The third-order valence-electron chi connectivity index (χ3n) is 6.11. The number of rotatable bonds is 4. The number of methoxy groups -OCH3 is 1. The summed E-state index contributed by atoms with van der Waals surface area (Å²) in [4.78, 5) is 15.2. The van der Waals surface area contributed by atoms with Crippen LogP contribution in [0.1, 0.15) is 50.0 Å². The molecule has 0 radical (unpaired) electrons. The normalized spacial score (nSPS) is 30.4. The predicted octanol–water partition coefficient (Wildman–Crippen LogP) is 4.07. The van der Waals surface area contributed by atoms with Gasteiger partial charge in [0.15, 0.2) is 12.6 Å². The van der Waals surface area contributed by atoms with E-state index in [9.17, 15) is 14.3 Å². The highest BCUT2D eigenvalue weighted by molar-refractivity contribution is 5.97. The van der Waals surface area contributed by atoms with Gasteiger partial charge in [0.05, 0.1) is 6.10 Å². The van der Waals surface area contributed by atoms with Crippen LogP contribution in [0.3, 0.4) is 0 Å². The van der Waals surface area contributed by atoms with Crippen molar-refractivity contribution in [2.75, 3.05) is 32.9 Å². The van der Waals surface area contributed by atoms with E-state index in [4.69, 9.17) is 23.7 Å². The molecule has 2 aliphatic heterocycles. The highest BCUT2D eigenvalue weighted by Crippen LogP contribution is 2.36. The number of hydrogen-bond acceptors (Lipinski definition) is 8. The molecule has 5 atom stereocenters. The lowest BCUT2D eigenvalue weighted by Crippen LogP contribution is -2.36. The smallest absolute Gasteiger partial charge is 0.342 e. The molecule has 0 aromatic heterocycles. The molecule has 8 nitrogen and oxygen atoms in total. The van der Waals surface area contributed by atoms with E-state index in [0.717, 1.165) is 5.69 Å². The van der Waals surface area contributed by atoms with Gasteiger partial charge in [0, 0.05) is 38.9 Å². The van der Waals surface area contributed by atoms with Crippen molar-refractivity contribution >= 4 is 17.7 Å². The number of carbonyl (C=O) groups excluding carboxylic acids is 1. The van der Waals surface area contributed by atoms with Crippen molar-refractivity contribution in [2.45, 2.75) is 64.3 Å². The zero-order valence-electron chi connectivity index (χ0n) is 21.4. The van der Waals surface area contributed by atoms with E-state index in [1.54, 1.807) is 45.9 Å². The summed E-state index contributed by atoms with van der Waals surface area (Å²) in [5.74, 6) is -2.54. The summed E-state index contributed by atoms with van der Waals surface area (Å²) in [6.45, 7) is 6.78. The fourth-order valence-corrected chi connectivity index (χ4v) is 4.09. The maximum atomic E-state index is 15.0. The second-order valence-corrected chi connectivity index (χ2v) is 9.60. The fraction of sp³-hybridized carbons (Fsp3) is 0.577. The molecule has 1 saturated heterocycles. The van der Waals surface area contributed by atoms with Gasteiger partial charge >= 0.3 is 5.97 Å². The third-order valence-corrected chi connectivity index (χ3v) is 6.11. The largest absolute Gasteiger partial charge is 0.467 e. The zero-order chi connectivity index (χ0) is 25.9. The average molecular weight is 494 g/mol. The van der Waals surface area contributed by atoms with Gasteiger partial charge in [-0.3, -0.25) is 0 Å². The number of hydrogen-bond donors (Lipinski definition) is 1. The summed E-state index contributed by atoms with van der Waals surface area (Å²) in [6.07, 6.45) is 1.47. The third kappa shape index (κ3) is 6.41. The number of aliphatic hydroxyl groups excluding tert-OH is 1. The first-order chi connectivity index (χ1) is 16.4. The van der Waals surface area contributed by atoms with Gasteiger partial charge < -0.3 is 33.7 Å². The van der Waals surface area contributed by atoms with Crippen molar-refractivity contribution in [2.24, 2.45) is 5.92 Å². The molecule has 0 aliphatic carbocycles. The molecule has 2 heterocycles. The van der Waals surface area contributed by atoms with Crippen LogP contribution in [0.4, 0.5) is 10.1 Å². The van der Waals surface area contributed by atoms with Gasteiger partial charge in [-0.05, 0) is 44.9 Å². The maximum absolute atomic E-state index is 15.0. The number of benzene rings is 1. The van der Waals surface area contributed by atoms with Crippen LogP contribution in [0.5, 0.6) is 5.75 Å². The number of nitrogens with zero attached hydrogens (tertiary/aromatic N) is 1. The van der Waals surface area contributed by atoms with Gasteiger partial charge in [0.1, 0.15) is 35.5 Å². The molecule has 9 heteroatoms. The number of cyclic esters (lactones) is 1. The molecule has 0 bridgehead atoms. The Morgan fingerprint density at radius 1 is 1.23 bits per heavy atom. The van der Waals surface area contributed by atoms with Crippen LogP contribution >= 0.6 is 0 Å². The molecule has 0 saturated carbocycles. The second kappa shape index (κ2) is 11.1. The van der Waals surface area contributed by atoms with Gasteiger partial charge in [-0.1, -0.05) is 19.1 Å². The summed E-state index contributed by atoms with van der Waals surface area (Å²) in [5.41, 5.74) is 1.64. The monoisotopic (exact) mass is 493 g/mol. The second-order valence-electron chi connectivity index (χ2n) is 9.60. The summed E-state index contributed by atoms with van der Waals surface area (Å²) >= 11 is 0. The van der Waals surface area contributed by atoms with Gasteiger partial charge in [-0.2, -0.15) is 0 Å². The Balaban J connectivity index is 2.12. The number of carbonyl (C=O) groups is 1. The van der Waals surface area contributed by atoms with Crippen molar-refractivity contribution in [3.05, 3.63) is 41.2 Å². The SMILES string of the molecule is COCOc1cc(N(C)C)cc2c1C(=O)O[C@@H](C)[C@H](C)/C=C(/F)[C@@H](O)[C@H]1OC(C)(C)O[C@H]1CC=C2. The lowest BCUT2D eigenvalue weighted by molar-refractivity contribution is -0.153. The number of halogens is 1. The molecule has 194 valence electrons. The van der Waals surface area contributed by atoms with E-state index >= 15 is 0 Å². The highest BCUT2D eigenvalue weighted by Gasteiger charge is 2.45. The predicted molar refractivity (Wildman–Crippen MR) is 130 cm³/mol. The standard InChI is InChI=1S/C26H36FNO7/c1-15-11-19(27)23(29)24-20(34-26(3,4)35-24)10-8-9-17-12-18(28(5)6)13-21(32-14-31-7)22(17)25(30)33-16(15)2/h8-9,11-13,15-16,20,23-24,29H,10,14H2,1-7H3/b9-8?,19-11+/t15-,16+,20+,23-,24+/m1/s1. The van der Waals surface area contributed by atoms with Crippen molar-refractivity contribution in [1.29, 1.82) is 0 Å². The Morgan fingerprint density at radius 2 is 1.94 bits per heavy atom. The summed E-state index contributed by atoms with van der Waals surface area (Å²) in [5, 5.41) is 10.7. The number of fused-ring (bicyclic) bond motifs is 2. The molecule has 0 amide bonds. The van der Waals surface area contributed by atoms with Crippen LogP contribution in [0.15, 0.2) is 30.1 Å². The van der Waals surface area contributed by atoms with Crippen LogP contribution in [-0.2, 0) is 18.9 Å². The Labute approximate surface area is 206 Å². The minimum Gasteiger partial charge on any atom is -0.467 e. The van der Waals surface area contributed by atoms with Crippen molar-refractivity contribution < 1.29 is 38.0 Å². The molecule has 1 N–H and O–H groups in total. The molecule has 1 aromatic carbocycles. The van der Waals surface area contributed by atoms with Crippen molar-refractivity contribution in [3.63, 3.8) is 0 Å². The van der Waals surface area contributed by atoms with Crippen molar-refractivity contribution in [1.82, 2.24) is 0 Å². The van der Waals surface area contributed by atoms with E-state index in [1.165, 1.54) is 13.2 Å². The minimum atomic E-state index is -1.51. The van der Waals surface area contributed by atoms with Crippen LogP contribution in [0, 0.1) is 5.92 Å². The van der Waals surface area contributed by atoms with Crippen LogP contribution < -0.4 is 9.64 Å². The van der Waals surface area contributed by atoms with Crippen LogP contribution in [-0.4, -0.2) is 69.3 Å². The van der Waals surface area contributed by atoms with E-state index in [1.807, 2.05) is 25.1 Å². The van der Waals surface area contributed by atoms with Gasteiger partial charge in [0.25, 0.3) is 0 Å². The minimum absolute atomic E-state index is 0.0534. The molecular formula is C26H36FNO7. The highest BCUT2D eigenvalue weighted by atomic mass is 19.1. The van der Waals surface area contributed by atoms with E-state index in [-0.39, 0.29) is 12.4 Å². The first-order valence-electron chi connectivity index (χ1n) is 11.7. The molecule has 0 unspecified atom stereocenters. The first kappa shape index (κ1) is 27.1. The lowest BCUT2D eigenvalue weighted by atomic mass is 9.98. The number of ether oxygens (including phenoxy) is 5. The summed E-state index contributed by atoms with van der Waals surface area (Å²) in [7, 11) is 5.26. The lowest BCUT2D eigenvalue weighted by Gasteiger charge is -2.24. The van der Waals surface area contributed by atoms with Gasteiger partial charge in [-0.15, -0.1) is 0 Å². The number of aliphatic hydroxyl groups is 1. The molecule has 3 rings (SSSR count). The van der Waals surface area contributed by atoms with Gasteiger partial charge in [0.2, 0.25) is 0 Å². The van der Waals surface area contributed by atoms with Crippen molar-refractivity contribution in [3.8, 4) is 5.75 Å². The number of esters is 1. The fourth-order valence-electron chi connectivity index (χ4n) is 4.09. The Kier molecular flexibility index (Phi) is 8.58. The van der Waals surface area contributed by atoms with E-state index < -0.39 is 47.9 Å². The van der Waals surface area contributed by atoms with E-state index in [0.29, 0.717) is 17.7 Å². The van der Waals surface area contributed by atoms with Crippen LogP contribution in [0.25, 0.3) is 6.08 Å². The summed E-state index contributed by atoms with van der Waals surface area (Å²) in [6, 6.07) is 3.60. The maximum Gasteiger partial charge on any atom is 0.342 e.